The first-order valence-corrected chi connectivity index (χ1v) is 7.96. The second kappa shape index (κ2) is 6.35. The van der Waals surface area contributed by atoms with Gasteiger partial charge in [0.2, 0.25) is 0 Å². The monoisotopic (exact) mass is 374 g/mol. The lowest BCUT2D eigenvalue weighted by Gasteiger charge is -2.08. The predicted octanol–water partition coefficient (Wildman–Crippen LogP) is 4.24. The fourth-order valence-corrected chi connectivity index (χ4v) is 2.78. The summed E-state index contributed by atoms with van der Waals surface area (Å²) in [5, 5.41) is 10.7. The molecule has 0 fully saturated rings. The highest BCUT2D eigenvalue weighted by Crippen LogP contribution is 2.26. The highest BCUT2D eigenvalue weighted by Gasteiger charge is 2.28. The van der Waals surface area contributed by atoms with Gasteiger partial charge in [-0.2, -0.15) is 18.3 Å². The molecule has 0 saturated carbocycles. The molecule has 2 heterocycles. The van der Waals surface area contributed by atoms with E-state index in [0.29, 0.717) is 16.6 Å². The molecule has 0 aliphatic carbocycles. The summed E-state index contributed by atoms with van der Waals surface area (Å²) in [7, 11) is 0. The van der Waals surface area contributed by atoms with E-state index in [-0.39, 0.29) is 11.4 Å². The maximum atomic E-state index is 12.6. The number of benzene rings is 2. The van der Waals surface area contributed by atoms with Crippen LogP contribution in [0.25, 0.3) is 21.8 Å². The summed E-state index contributed by atoms with van der Waals surface area (Å²) in [5.41, 5.74) is 2.03. The van der Waals surface area contributed by atoms with E-state index in [2.05, 4.69) is 20.5 Å². The molecule has 3 N–H and O–H groups in total. The van der Waals surface area contributed by atoms with Gasteiger partial charge in [0.05, 0.1) is 11.2 Å². The van der Waals surface area contributed by atoms with E-state index in [4.69, 9.17) is 4.74 Å². The number of alkyl halides is 3. The number of carbonyl (C=O) groups excluding carboxylic acids is 1. The van der Waals surface area contributed by atoms with Gasteiger partial charge in [-0.05, 0) is 18.2 Å². The van der Waals surface area contributed by atoms with Crippen LogP contribution < -0.4 is 10.1 Å². The molecule has 0 aliphatic heterocycles. The number of rotatable bonds is 4. The minimum Gasteiger partial charge on any atom is -0.484 e. The normalized spacial score (nSPS) is 11.8. The maximum Gasteiger partial charge on any atom is 0.422 e. The molecule has 9 heteroatoms. The Morgan fingerprint density at radius 3 is 2.74 bits per heavy atom. The molecule has 0 radical (unpaired) electrons. The summed E-state index contributed by atoms with van der Waals surface area (Å²) in [4.78, 5) is 15.6. The molecule has 0 saturated heterocycles. The third-order valence-corrected chi connectivity index (χ3v) is 3.99. The Morgan fingerprint density at radius 2 is 1.93 bits per heavy atom. The largest absolute Gasteiger partial charge is 0.484 e. The smallest absolute Gasteiger partial charge is 0.422 e. The summed E-state index contributed by atoms with van der Waals surface area (Å²) >= 11 is 0. The van der Waals surface area contributed by atoms with Gasteiger partial charge in [0.1, 0.15) is 5.75 Å². The third kappa shape index (κ3) is 3.43. The first-order valence-electron chi connectivity index (χ1n) is 7.96. The van der Waals surface area contributed by atoms with Gasteiger partial charge in [-0.1, -0.05) is 18.2 Å². The molecule has 0 spiro atoms. The van der Waals surface area contributed by atoms with Crippen LogP contribution in [0.1, 0.15) is 10.5 Å². The number of H-pyrrole nitrogens is 2. The topological polar surface area (TPSA) is 82.8 Å². The van der Waals surface area contributed by atoms with Crippen LogP contribution >= 0.6 is 0 Å². The third-order valence-electron chi connectivity index (χ3n) is 3.99. The van der Waals surface area contributed by atoms with Crippen LogP contribution in [0.15, 0.2) is 48.7 Å². The van der Waals surface area contributed by atoms with Crippen LogP contribution in [0.3, 0.4) is 0 Å². The van der Waals surface area contributed by atoms with Crippen molar-refractivity contribution in [3.8, 4) is 5.75 Å². The fraction of sp³-hybridized carbons (Fsp3) is 0.111. The fourth-order valence-electron chi connectivity index (χ4n) is 2.78. The minimum absolute atomic E-state index is 0.0343. The lowest BCUT2D eigenvalue weighted by molar-refractivity contribution is -0.153. The van der Waals surface area contributed by atoms with Gasteiger partial charge in [0.25, 0.3) is 5.91 Å². The van der Waals surface area contributed by atoms with Crippen molar-refractivity contribution in [1.82, 2.24) is 15.2 Å². The molecular weight excluding hydrogens is 361 g/mol. The summed E-state index contributed by atoms with van der Waals surface area (Å²) in [6.07, 6.45) is -2.74. The van der Waals surface area contributed by atoms with Crippen LogP contribution in [0.4, 0.5) is 18.9 Å². The number of hydrogen-bond acceptors (Lipinski definition) is 3. The van der Waals surface area contributed by atoms with E-state index in [0.717, 1.165) is 10.9 Å². The molecule has 2 aromatic carbocycles. The second-order valence-electron chi connectivity index (χ2n) is 5.89. The highest BCUT2D eigenvalue weighted by atomic mass is 19.4. The van der Waals surface area contributed by atoms with Crippen LogP contribution in [0, 0.1) is 0 Å². The molecule has 27 heavy (non-hydrogen) atoms. The van der Waals surface area contributed by atoms with Gasteiger partial charge < -0.3 is 15.0 Å². The van der Waals surface area contributed by atoms with E-state index in [1.165, 1.54) is 18.2 Å². The van der Waals surface area contributed by atoms with Crippen LogP contribution in [0.5, 0.6) is 5.75 Å². The zero-order valence-corrected chi connectivity index (χ0v) is 13.7. The Morgan fingerprint density at radius 1 is 1.11 bits per heavy atom. The second-order valence-corrected chi connectivity index (χ2v) is 5.89. The van der Waals surface area contributed by atoms with Gasteiger partial charge in [-0.15, -0.1) is 0 Å². The molecule has 4 rings (SSSR count). The average Bonchev–Trinajstić information content (AvgIpc) is 3.23. The number of para-hydroxylation sites is 1. The molecule has 0 aliphatic rings. The number of aromatic nitrogens is 3. The molecule has 6 nitrogen and oxygen atoms in total. The Bertz CT molecular complexity index is 1130. The number of fused-ring (bicyclic) bond motifs is 2. The maximum absolute atomic E-state index is 12.6. The summed E-state index contributed by atoms with van der Waals surface area (Å²) in [6.45, 7) is -1.39. The lowest BCUT2D eigenvalue weighted by Crippen LogP contribution is -2.19. The van der Waals surface area contributed by atoms with Crippen LogP contribution in [-0.2, 0) is 0 Å². The van der Waals surface area contributed by atoms with Crippen LogP contribution in [0.2, 0.25) is 0 Å². The lowest BCUT2D eigenvalue weighted by atomic mass is 10.2. The zero-order chi connectivity index (χ0) is 19.0. The molecule has 2 aromatic heterocycles. The first-order chi connectivity index (χ1) is 12.9. The number of nitrogens with one attached hydrogen (secondary N) is 3. The van der Waals surface area contributed by atoms with Crippen molar-refractivity contribution in [2.75, 3.05) is 11.9 Å². The summed E-state index contributed by atoms with van der Waals surface area (Å²) in [6, 6.07) is 11.7. The molecule has 1 amide bonds. The first kappa shape index (κ1) is 17.0. The summed E-state index contributed by atoms with van der Waals surface area (Å²) < 4.78 is 41.5. The molecule has 0 bridgehead atoms. The minimum atomic E-state index is -4.42. The Balaban J connectivity index is 1.57. The van der Waals surface area contributed by atoms with Gasteiger partial charge in [0, 0.05) is 28.6 Å². The number of aromatic amines is 2. The van der Waals surface area contributed by atoms with Crippen molar-refractivity contribution < 1.29 is 22.7 Å². The number of hydrogen-bond donors (Lipinski definition) is 3. The Hall–Kier alpha value is -3.49. The van der Waals surface area contributed by atoms with Crippen molar-refractivity contribution in [2.24, 2.45) is 0 Å². The van der Waals surface area contributed by atoms with E-state index >= 15 is 0 Å². The molecular formula is C18H13F3N4O2. The van der Waals surface area contributed by atoms with E-state index in [1.807, 2.05) is 24.3 Å². The number of nitrogens with zero attached hydrogens (tertiary/aromatic N) is 1. The number of amides is 1. The van der Waals surface area contributed by atoms with Gasteiger partial charge in [-0.3, -0.25) is 9.89 Å². The SMILES string of the molecule is O=C(Nc1c[nH]c2ccccc12)c1n[nH]c2cc(OCC(F)(F)F)ccc12. The van der Waals surface area contributed by atoms with Gasteiger partial charge >= 0.3 is 6.18 Å². The van der Waals surface area contributed by atoms with Crippen molar-refractivity contribution in [3.05, 3.63) is 54.4 Å². The molecule has 0 unspecified atom stereocenters. The van der Waals surface area contributed by atoms with E-state index in [1.54, 1.807) is 6.20 Å². The summed E-state index contributed by atoms with van der Waals surface area (Å²) in [5.74, 6) is -0.401. The van der Waals surface area contributed by atoms with E-state index in [9.17, 15) is 18.0 Å². The van der Waals surface area contributed by atoms with Gasteiger partial charge in [0.15, 0.2) is 12.3 Å². The number of halogens is 3. The standard InChI is InChI=1S/C18H13F3N4O2/c19-18(20,21)9-27-10-5-6-12-14(7-10)24-25-16(12)17(26)23-15-8-22-13-4-2-1-3-11(13)15/h1-8,22H,9H2,(H,23,26)(H,24,25). The van der Waals surface area contributed by atoms with E-state index < -0.39 is 18.7 Å². The van der Waals surface area contributed by atoms with Crippen molar-refractivity contribution in [1.29, 1.82) is 0 Å². The van der Waals surface area contributed by atoms with Crippen molar-refractivity contribution >= 4 is 33.4 Å². The Labute approximate surface area is 150 Å². The molecule has 0 atom stereocenters. The number of carbonyl (C=O) groups is 1. The average molecular weight is 374 g/mol. The van der Waals surface area contributed by atoms with Crippen molar-refractivity contribution in [2.45, 2.75) is 6.18 Å². The molecule has 4 aromatic rings. The zero-order valence-electron chi connectivity index (χ0n) is 13.7. The Kier molecular flexibility index (Phi) is 3.98. The number of ether oxygens (including phenoxy) is 1. The number of anilines is 1. The van der Waals surface area contributed by atoms with Crippen molar-refractivity contribution in [3.63, 3.8) is 0 Å². The highest BCUT2D eigenvalue weighted by molar-refractivity contribution is 6.13. The quantitative estimate of drug-likeness (QED) is 0.500. The molecule has 138 valence electrons. The predicted molar refractivity (Wildman–Crippen MR) is 93.9 cm³/mol. The van der Waals surface area contributed by atoms with Crippen LogP contribution in [-0.4, -0.2) is 33.9 Å². The van der Waals surface area contributed by atoms with Gasteiger partial charge in [-0.25, -0.2) is 0 Å².